The van der Waals surface area contributed by atoms with Crippen LogP contribution in [0.4, 0.5) is 8.78 Å². The van der Waals surface area contributed by atoms with Crippen molar-refractivity contribution in [3.63, 3.8) is 0 Å². The maximum Gasteiger partial charge on any atom is 0.126 e. The summed E-state index contributed by atoms with van der Waals surface area (Å²) in [6, 6.07) is 3.91. The van der Waals surface area contributed by atoms with Gasteiger partial charge in [-0.2, -0.15) is 0 Å². The zero-order valence-corrected chi connectivity index (χ0v) is 10.9. The van der Waals surface area contributed by atoms with Gasteiger partial charge < -0.3 is 5.32 Å². The van der Waals surface area contributed by atoms with Crippen LogP contribution in [0.3, 0.4) is 0 Å². The first-order chi connectivity index (χ1) is 8.66. The van der Waals surface area contributed by atoms with E-state index in [1.807, 2.05) is 0 Å². The van der Waals surface area contributed by atoms with Crippen molar-refractivity contribution in [2.75, 3.05) is 6.54 Å². The molecular formula is C15H21F2N. The van der Waals surface area contributed by atoms with Crippen molar-refractivity contribution in [3.8, 4) is 0 Å². The molecule has 2 rings (SSSR count). The van der Waals surface area contributed by atoms with E-state index in [1.165, 1.54) is 18.6 Å². The highest BCUT2D eigenvalue weighted by Crippen LogP contribution is 2.34. The number of nitrogens with one attached hydrogen (secondary N) is 1. The second-order valence-electron chi connectivity index (χ2n) is 5.23. The third-order valence-electron chi connectivity index (χ3n) is 3.84. The monoisotopic (exact) mass is 253 g/mol. The van der Waals surface area contributed by atoms with Gasteiger partial charge in [0.05, 0.1) is 0 Å². The van der Waals surface area contributed by atoms with E-state index < -0.39 is 11.6 Å². The third-order valence-corrected chi connectivity index (χ3v) is 3.84. The smallest absolute Gasteiger partial charge is 0.126 e. The van der Waals surface area contributed by atoms with Gasteiger partial charge in [0.2, 0.25) is 0 Å². The lowest BCUT2D eigenvalue weighted by Crippen LogP contribution is -2.41. The molecule has 1 heterocycles. The molecule has 0 amide bonds. The fraction of sp³-hybridized carbons (Fsp3) is 0.600. The van der Waals surface area contributed by atoms with Crippen LogP contribution in [0.2, 0.25) is 0 Å². The standard InChI is InChI=1S/C15H21F2N/c1-2-6-15(7-4-3-5-8-18-15)12-9-13(16)11-14(17)10-12/h9-11,18H,2-8H2,1H3. The van der Waals surface area contributed by atoms with Crippen LogP contribution in [0, 0.1) is 11.6 Å². The Balaban J connectivity index is 2.37. The third kappa shape index (κ3) is 2.89. The van der Waals surface area contributed by atoms with Gasteiger partial charge in [-0.3, -0.25) is 0 Å². The van der Waals surface area contributed by atoms with Crippen LogP contribution in [0.15, 0.2) is 18.2 Å². The molecule has 1 aromatic carbocycles. The minimum absolute atomic E-state index is 0.242. The predicted octanol–water partition coefficient (Wildman–Crippen LogP) is 4.12. The molecule has 1 unspecified atom stereocenters. The average Bonchev–Trinajstić information content (AvgIpc) is 2.55. The van der Waals surface area contributed by atoms with Crippen LogP contribution in [0.25, 0.3) is 0 Å². The second-order valence-corrected chi connectivity index (χ2v) is 5.23. The lowest BCUT2D eigenvalue weighted by atomic mass is 9.81. The molecule has 1 saturated heterocycles. The lowest BCUT2D eigenvalue weighted by Gasteiger charge is -2.34. The summed E-state index contributed by atoms with van der Waals surface area (Å²) >= 11 is 0. The molecule has 1 fully saturated rings. The number of rotatable bonds is 3. The van der Waals surface area contributed by atoms with Crippen LogP contribution < -0.4 is 5.32 Å². The molecule has 0 aromatic heterocycles. The Morgan fingerprint density at radius 3 is 2.50 bits per heavy atom. The summed E-state index contributed by atoms with van der Waals surface area (Å²) in [4.78, 5) is 0. The van der Waals surface area contributed by atoms with Crippen molar-refractivity contribution in [3.05, 3.63) is 35.4 Å². The Morgan fingerprint density at radius 2 is 1.83 bits per heavy atom. The van der Waals surface area contributed by atoms with Crippen LogP contribution >= 0.6 is 0 Å². The van der Waals surface area contributed by atoms with E-state index in [2.05, 4.69) is 12.2 Å². The predicted molar refractivity (Wildman–Crippen MR) is 69.4 cm³/mol. The highest BCUT2D eigenvalue weighted by molar-refractivity contribution is 5.26. The zero-order valence-electron chi connectivity index (χ0n) is 10.9. The molecule has 100 valence electrons. The van der Waals surface area contributed by atoms with Crippen LogP contribution in [0.5, 0.6) is 0 Å². The van der Waals surface area contributed by atoms with Crippen LogP contribution in [0.1, 0.15) is 51.0 Å². The van der Waals surface area contributed by atoms with Gasteiger partial charge in [0.25, 0.3) is 0 Å². The first-order valence-electron chi connectivity index (χ1n) is 6.88. The highest BCUT2D eigenvalue weighted by atomic mass is 19.1. The fourth-order valence-electron chi connectivity index (χ4n) is 3.01. The van der Waals surface area contributed by atoms with Crippen molar-refractivity contribution < 1.29 is 8.78 Å². The molecule has 1 aliphatic heterocycles. The number of hydrogen-bond donors (Lipinski definition) is 1. The fourth-order valence-corrected chi connectivity index (χ4v) is 3.01. The summed E-state index contributed by atoms with van der Waals surface area (Å²) in [5, 5.41) is 3.53. The molecule has 1 atom stereocenters. The molecule has 0 spiro atoms. The summed E-state index contributed by atoms with van der Waals surface area (Å²) in [6.07, 6.45) is 6.34. The molecule has 1 nitrogen and oxygen atoms in total. The summed E-state index contributed by atoms with van der Waals surface area (Å²) in [7, 11) is 0. The Kier molecular flexibility index (Phi) is 4.33. The van der Waals surface area contributed by atoms with Crippen molar-refractivity contribution in [1.82, 2.24) is 5.32 Å². The number of hydrogen-bond acceptors (Lipinski definition) is 1. The van der Waals surface area contributed by atoms with Crippen molar-refractivity contribution in [1.29, 1.82) is 0 Å². The van der Waals surface area contributed by atoms with Gasteiger partial charge in [0, 0.05) is 11.6 Å². The van der Waals surface area contributed by atoms with E-state index in [4.69, 9.17) is 0 Å². The molecule has 0 bridgehead atoms. The molecule has 1 aliphatic rings. The maximum atomic E-state index is 13.4. The summed E-state index contributed by atoms with van der Waals surface area (Å²) < 4.78 is 26.9. The molecule has 0 saturated carbocycles. The van der Waals surface area contributed by atoms with E-state index in [0.717, 1.165) is 50.3 Å². The Labute approximate surface area is 108 Å². The average molecular weight is 253 g/mol. The van der Waals surface area contributed by atoms with Gasteiger partial charge in [-0.15, -0.1) is 0 Å². The van der Waals surface area contributed by atoms with Gasteiger partial charge >= 0.3 is 0 Å². The van der Waals surface area contributed by atoms with Crippen molar-refractivity contribution in [2.24, 2.45) is 0 Å². The molecule has 18 heavy (non-hydrogen) atoms. The van der Waals surface area contributed by atoms with Gasteiger partial charge in [0.1, 0.15) is 11.6 Å². The van der Waals surface area contributed by atoms with Crippen molar-refractivity contribution in [2.45, 2.75) is 51.0 Å². The SMILES string of the molecule is CCCC1(c2cc(F)cc(F)c2)CCCCCN1. The van der Waals surface area contributed by atoms with Gasteiger partial charge in [-0.25, -0.2) is 8.78 Å². The zero-order chi connectivity index (χ0) is 13.0. The Morgan fingerprint density at radius 1 is 1.11 bits per heavy atom. The normalized spacial score (nSPS) is 24.8. The van der Waals surface area contributed by atoms with Gasteiger partial charge in [0.15, 0.2) is 0 Å². The molecule has 1 aromatic rings. The van der Waals surface area contributed by atoms with E-state index in [1.54, 1.807) is 0 Å². The van der Waals surface area contributed by atoms with E-state index in [-0.39, 0.29) is 5.54 Å². The van der Waals surface area contributed by atoms with Crippen LogP contribution in [-0.4, -0.2) is 6.54 Å². The molecular weight excluding hydrogens is 232 g/mol. The molecule has 0 aliphatic carbocycles. The van der Waals surface area contributed by atoms with Crippen molar-refractivity contribution >= 4 is 0 Å². The molecule has 3 heteroatoms. The minimum atomic E-state index is -0.480. The minimum Gasteiger partial charge on any atom is -0.307 e. The first-order valence-corrected chi connectivity index (χ1v) is 6.88. The van der Waals surface area contributed by atoms with E-state index in [9.17, 15) is 8.78 Å². The molecule has 1 N–H and O–H groups in total. The highest BCUT2D eigenvalue weighted by Gasteiger charge is 2.32. The van der Waals surface area contributed by atoms with E-state index in [0.29, 0.717) is 0 Å². The maximum absolute atomic E-state index is 13.4. The summed E-state index contributed by atoms with van der Waals surface area (Å²) in [6.45, 7) is 3.04. The Hall–Kier alpha value is -0.960. The number of benzene rings is 1. The lowest BCUT2D eigenvalue weighted by molar-refractivity contribution is 0.295. The van der Waals surface area contributed by atoms with Crippen LogP contribution in [-0.2, 0) is 5.54 Å². The topological polar surface area (TPSA) is 12.0 Å². The largest absolute Gasteiger partial charge is 0.307 e. The first kappa shape index (κ1) is 13.5. The number of halogens is 2. The quantitative estimate of drug-likeness (QED) is 0.854. The van der Waals surface area contributed by atoms with Gasteiger partial charge in [-0.05, 0) is 43.5 Å². The summed E-state index contributed by atoms with van der Waals surface area (Å²) in [5.74, 6) is -0.960. The second kappa shape index (κ2) is 5.79. The summed E-state index contributed by atoms with van der Waals surface area (Å²) in [5.41, 5.74) is 0.525. The van der Waals surface area contributed by atoms with Gasteiger partial charge in [-0.1, -0.05) is 26.2 Å². The van der Waals surface area contributed by atoms with E-state index >= 15 is 0 Å². The Bertz CT molecular complexity index is 375. The molecule has 0 radical (unpaired) electrons.